The molecule has 1 unspecified atom stereocenters. The number of rotatable bonds is 5. The number of hydrogen-bond acceptors (Lipinski definition) is 4. The summed E-state index contributed by atoms with van der Waals surface area (Å²) >= 11 is 10.5. The van der Waals surface area contributed by atoms with Gasteiger partial charge in [-0.2, -0.15) is 0 Å². The van der Waals surface area contributed by atoms with Crippen LogP contribution in [-0.2, 0) is 16.1 Å². The standard InChI is InChI=1S/C24H18BrClFN3O2S/c25-16-3-9-19(10-4-16)28-23(32)21-13-22(31)30(14-15-1-5-17(26)6-2-15)24(33-21)29-20-11-7-18(27)8-12-20/h1-12,21H,13-14H2,(H,28,32). The molecule has 5 nitrogen and oxygen atoms in total. The summed E-state index contributed by atoms with van der Waals surface area (Å²) in [5.74, 6) is -0.884. The van der Waals surface area contributed by atoms with Gasteiger partial charge in [-0.1, -0.05) is 51.4 Å². The van der Waals surface area contributed by atoms with Crippen LogP contribution in [0.25, 0.3) is 0 Å². The van der Waals surface area contributed by atoms with Gasteiger partial charge in [0.05, 0.1) is 12.2 Å². The second-order valence-electron chi connectivity index (χ2n) is 7.28. The fourth-order valence-corrected chi connectivity index (χ4v) is 4.64. The summed E-state index contributed by atoms with van der Waals surface area (Å²) in [6.07, 6.45) is 0.0308. The van der Waals surface area contributed by atoms with Gasteiger partial charge in [0.25, 0.3) is 0 Å². The first-order valence-corrected chi connectivity index (χ1v) is 12.0. The molecule has 2 amide bonds. The molecule has 0 saturated carbocycles. The quantitative estimate of drug-likeness (QED) is 0.403. The number of nitrogens with one attached hydrogen (secondary N) is 1. The minimum absolute atomic E-state index is 0.0308. The Morgan fingerprint density at radius 2 is 1.76 bits per heavy atom. The van der Waals surface area contributed by atoms with Crippen LogP contribution in [-0.4, -0.2) is 27.1 Å². The molecule has 1 saturated heterocycles. The smallest absolute Gasteiger partial charge is 0.238 e. The predicted octanol–water partition coefficient (Wildman–Crippen LogP) is 6.40. The van der Waals surface area contributed by atoms with E-state index < -0.39 is 5.25 Å². The lowest BCUT2D eigenvalue weighted by molar-refractivity contribution is -0.129. The van der Waals surface area contributed by atoms with Gasteiger partial charge in [0.1, 0.15) is 11.1 Å². The molecule has 3 aromatic carbocycles. The third kappa shape index (κ3) is 6.22. The van der Waals surface area contributed by atoms with Gasteiger partial charge in [0, 0.05) is 21.6 Å². The number of halogens is 3. The van der Waals surface area contributed by atoms with Crippen molar-refractivity contribution in [2.45, 2.75) is 18.2 Å². The normalized spacial score (nSPS) is 17.3. The van der Waals surface area contributed by atoms with Gasteiger partial charge in [-0.05, 0) is 66.2 Å². The molecular weight excluding hydrogens is 529 g/mol. The highest BCUT2D eigenvalue weighted by Crippen LogP contribution is 2.31. The summed E-state index contributed by atoms with van der Waals surface area (Å²) in [6.45, 7) is 0.282. The van der Waals surface area contributed by atoms with E-state index in [-0.39, 0.29) is 30.6 Å². The molecule has 9 heteroatoms. The zero-order chi connectivity index (χ0) is 23.4. The molecule has 1 heterocycles. The average Bonchev–Trinajstić information content (AvgIpc) is 2.80. The summed E-state index contributed by atoms with van der Waals surface area (Å²) in [4.78, 5) is 32.1. The SMILES string of the molecule is O=C(Nc1ccc(Br)cc1)C1CC(=O)N(Cc2ccc(Cl)cc2)C(=Nc2ccc(F)cc2)S1. The van der Waals surface area contributed by atoms with Crippen molar-refractivity contribution < 1.29 is 14.0 Å². The first-order chi connectivity index (χ1) is 15.9. The van der Waals surface area contributed by atoms with Crippen LogP contribution >= 0.6 is 39.3 Å². The van der Waals surface area contributed by atoms with Crippen molar-refractivity contribution in [2.24, 2.45) is 4.99 Å². The molecular formula is C24H18BrClFN3O2S. The van der Waals surface area contributed by atoms with Gasteiger partial charge in [0.2, 0.25) is 11.8 Å². The van der Waals surface area contributed by atoms with Gasteiger partial charge in [0.15, 0.2) is 5.17 Å². The Kier molecular flexibility index (Phi) is 7.47. The van der Waals surface area contributed by atoms with Crippen molar-refractivity contribution in [3.63, 3.8) is 0 Å². The number of carbonyl (C=O) groups is 2. The minimum Gasteiger partial charge on any atom is -0.325 e. The maximum Gasteiger partial charge on any atom is 0.238 e. The van der Waals surface area contributed by atoms with Crippen molar-refractivity contribution in [3.8, 4) is 0 Å². The van der Waals surface area contributed by atoms with Crippen LogP contribution in [0.4, 0.5) is 15.8 Å². The fraction of sp³-hybridized carbons (Fsp3) is 0.125. The first-order valence-electron chi connectivity index (χ1n) is 9.99. The van der Waals surface area contributed by atoms with Crippen LogP contribution < -0.4 is 5.32 Å². The summed E-state index contributed by atoms with van der Waals surface area (Å²) < 4.78 is 14.2. The number of amidine groups is 1. The molecule has 0 radical (unpaired) electrons. The number of carbonyl (C=O) groups excluding carboxylic acids is 2. The Morgan fingerprint density at radius 1 is 1.09 bits per heavy atom. The van der Waals surface area contributed by atoms with Crippen LogP contribution in [0, 0.1) is 5.82 Å². The number of thioether (sulfide) groups is 1. The van der Waals surface area contributed by atoms with E-state index >= 15 is 0 Å². The molecule has 0 aliphatic carbocycles. The molecule has 4 rings (SSSR count). The van der Waals surface area contributed by atoms with Crippen molar-refractivity contribution in [1.29, 1.82) is 0 Å². The van der Waals surface area contributed by atoms with Crippen LogP contribution in [0.15, 0.2) is 82.3 Å². The van der Waals surface area contributed by atoms with E-state index in [1.165, 1.54) is 36.0 Å². The molecule has 0 bridgehead atoms. The molecule has 1 fully saturated rings. The van der Waals surface area contributed by atoms with E-state index in [2.05, 4.69) is 26.2 Å². The molecule has 1 aliphatic rings. The van der Waals surface area contributed by atoms with Gasteiger partial charge < -0.3 is 5.32 Å². The number of nitrogens with zero attached hydrogens (tertiary/aromatic N) is 2. The molecule has 1 N–H and O–H groups in total. The Hall–Kier alpha value is -2.68. The van der Waals surface area contributed by atoms with Crippen molar-refractivity contribution in [3.05, 3.63) is 93.7 Å². The largest absolute Gasteiger partial charge is 0.325 e. The summed E-state index contributed by atoms with van der Waals surface area (Å²) in [5, 5.41) is 3.18. The molecule has 3 aromatic rings. The number of anilines is 1. The van der Waals surface area contributed by atoms with Crippen LogP contribution in [0.3, 0.4) is 0 Å². The van der Waals surface area contributed by atoms with Crippen molar-refractivity contribution >= 4 is 67.6 Å². The highest BCUT2D eigenvalue weighted by atomic mass is 79.9. The summed E-state index contributed by atoms with van der Waals surface area (Å²) in [5.41, 5.74) is 2.00. The van der Waals surface area contributed by atoms with E-state index in [0.29, 0.717) is 21.6 Å². The van der Waals surface area contributed by atoms with Crippen molar-refractivity contribution in [1.82, 2.24) is 4.90 Å². The predicted molar refractivity (Wildman–Crippen MR) is 134 cm³/mol. The molecule has 33 heavy (non-hydrogen) atoms. The van der Waals surface area contributed by atoms with Gasteiger partial charge in [-0.15, -0.1) is 0 Å². The highest BCUT2D eigenvalue weighted by Gasteiger charge is 2.36. The van der Waals surface area contributed by atoms with E-state index in [0.717, 1.165) is 10.0 Å². The van der Waals surface area contributed by atoms with E-state index in [1.807, 2.05) is 24.3 Å². The fourth-order valence-electron chi connectivity index (χ4n) is 3.15. The lowest BCUT2D eigenvalue weighted by Gasteiger charge is -2.32. The lowest BCUT2D eigenvalue weighted by atomic mass is 10.2. The topological polar surface area (TPSA) is 61.8 Å². The van der Waals surface area contributed by atoms with E-state index in [4.69, 9.17) is 11.6 Å². The van der Waals surface area contributed by atoms with E-state index in [9.17, 15) is 14.0 Å². The zero-order valence-electron chi connectivity index (χ0n) is 17.2. The van der Waals surface area contributed by atoms with Crippen molar-refractivity contribution in [2.75, 3.05) is 5.32 Å². The Labute approximate surface area is 208 Å². The second kappa shape index (κ2) is 10.5. The lowest BCUT2D eigenvalue weighted by Crippen LogP contribution is -2.44. The Balaban J connectivity index is 1.59. The average molecular weight is 547 g/mol. The van der Waals surface area contributed by atoms with Gasteiger partial charge in [-0.3, -0.25) is 14.5 Å². The monoisotopic (exact) mass is 545 g/mol. The third-order valence-electron chi connectivity index (χ3n) is 4.85. The molecule has 168 valence electrons. The van der Waals surface area contributed by atoms with Crippen LogP contribution in [0.1, 0.15) is 12.0 Å². The Morgan fingerprint density at radius 3 is 2.42 bits per heavy atom. The Bertz CT molecular complexity index is 1190. The first kappa shape index (κ1) is 23.5. The minimum atomic E-state index is -0.651. The summed E-state index contributed by atoms with van der Waals surface area (Å²) in [6, 6.07) is 20.0. The van der Waals surface area contributed by atoms with Gasteiger partial charge in [-0.25, -0.2) is 9.38 Å². The van der Waals surface area contributed by atoms with Gasteiger partial charge >= 0.3 is 0 Å². The van der Waals surface area contributed by atoms with E-state index in [1.54, 1.807) is 29.2 Å². The number of amides is 2. The third-order valence-corrected chi connectivity index (χ3v) is 6.82. The zero-order valence-corrected chi connectivity index (χ0v) is 20.3. The highest BCUT2D eigenvalue weighted by molar-refractivity contribution is 9.10. The summed E-state index contributed by atoms with van der Waals surface area (Å²) in [7, 11) is 0. The van der Waals surface area contributed by atoms with Crippen LogP contribution in [0.5, 0.6) is 0 Å². The maximum atomic E-state index is 13.3. The van der Waals surface area contributed by atoms with Crippen LogP contribution in [0.2, 0.25) is 5.02 Å². The molecule has 1 aliphatic heterocycles. The number of hydrogen-bond donors (Lipinski definition) is 1. The number of benzene rings is 3. The molecule has 0 spiro atoms. The maximum absolute atomic E-state index is 13.3. The molecule has 0 aromatic heterocycles. The molecule has 1 atom stereocenters. The number of aliphatic imine (C=N–C) groups is 1. The second-order valence-corrected chi connectivity index (χ2v) is 9.81.